The van der Waals surface area contributed by atoms with Crippen LogP contribution in [0.5, 0.6) is 0 Å². The normalized spacial score (nSPS) is 14.0. The predicted molar refractivity (Wildman–Crippen MR) is 77.6 cm³/mol. The second-order valence-corrected chi connectivity index (χ2v) is 4.87. The number of carboxylic acid groups (broad SMARTS) is 1. The monoisotopic (exact) mass is 331 g/mol. The molecule has 0 bridgehead atoms. The fourth-order valence-corrected chi connectivity index (χ4v) is 1.36. The Labute approximate surface area is 132 Å². The molecule has 0 aromatic rings. The summed E-state index contributed by atoms with van der Waals surface area (Å²) in [5.74, 6) is -4.37. The number of rotatable bonds is 9. The fourth-order valence-electron chi connectivity index (χ4n) is 1.36. The molecule has 0 saturated heterocycles. The quantitative estimate of drug-likeness (QED) is 0.251. The van der Waals surface area contributed by atoms with Gasteiger partial charge in [0.05, 0.1) is 19.0 Å². The SMILES string of the molecule is CC(N)C(=O)NCC(=O)NC(CC(N)=O)C(=O)NC(C)C(=O)O. The van der Waals surface area contributed by atoms with E-state index in [0.29, 0.717) is 0 Å². The van der Waals surface area contributed by atoms with Crippen LogP contribution in [0.1, 0.15) is 20.3 Å². The highest BCUT2D eigenvalue weighted by molar-refractivity contribution is 5.94. The average Bonchev–Trinajstić information content (AvgIpc) is 2.42. The third kappa shape index (κ3) is 8.36. The molecule has 11 nitrogen and oxygen atoms in total. The van der Waals surface area contributed by atoms with E-state index in [-0.39, 0.29) is 0 Å². The molecule has 130 valence electrons. The predicted octanol–water partition coefficient (Wildman–Crippen LogP) is -3.60. The summed E-state index contributed by atoms with van der Waals surface area (Å²) in [6.45, 7) is 2.17. The van der Waals surface area contributed by atoms with Crippen LogP contribution in [0.3, 0.4) is 0 Å². The van der Waals surface area contributed by atoms with Gasteiger partial charge in [-0.25, -0.2) is 0 Å². The van der Waals surface area contributed by atoms with Crippen molar-refractivity contribution < 1.29 is 29.1 Å². The van der Waals surface area contributed by atoms with Crippen molar-refractivity contribution in [3.8, 4) is 0 Å². The van der Waals surface area contributed by atoms with Crippen LogP contribution in [0, 0.1) is 0 Å². The van der Waals surface area contributed by atoms with Crippen LogP contribution >= 0.6 is 0 Å². The molecule has 0 rings (SSSR count). The van der Waals surface area contributed by atoms with E-state index in [1.807, 2.05) is 0 Å². The number of hydrogen-bond donors (Lipinski definition) is 6. The van der Waals surface area contributed by atoms with Crippen LogP contribution in [0.15, 0.2) is 0 Å². The van der Waals surface area contributed by atoms with Crippen LogP contribution in [-0.4, -0.2) is 59.4 Å². The Morgan fingerprint density at radius 1 is 1.04 bits per heavy atom. The van der Waals surface area contributed by atoms with Crippen LogP contribution in [0.2, 0.25) is 0 Å². The summed E-state index contributed by atoms with van der Waals surface area (Å²) in [6, 6.07) is -3.38. The van der Waals surface area contributed by atoms with Crippen molar-refractivity contribution in [2.45, 2.75) is 38.4 Å². The third-order valence-corrected chi connectivity index (χ3v) is 2.62. The maximum atomic E-state index is 11.9. The number of nitrogens with two attached hydrogens (primary N) is 2. The minimum atomic E-state index is -1.35. The Morgan fingerprint density at radius 2 is 1.61 bits per heavy atom. The van der Waals surface area contributed by atoms with Gasteiger partial charge in [-0.2, -0.15) is 0 Å². The molecule has 11 heteroatoms. The van der Waals surface area contributed by atoms with Crippen LogP contribution < -0.4 is 27.4 Å². The molecular weight excluding hydrogens is 310 g/mol. The Kier molecular flexibility index (Phi) is 8.26. The molecule has 0 saturated carbocycles. The molecule has 0 aromatic heterocycles. The summed E-state index contributed by atoms with van der Waals surface area (Å²) in [5, 5.41) is 15.2. The van der Waals surface area contributed by atoms with Crippen molar-refractivity contribution in [1.82, 2.24) is 16.0 Å². The first-order chi connectivity index (χ1) is 10.5. The molecule has 0 aliphatic carbocycles. The Bertz CT molecular complexity index is 492. The number of amides is 4. The lowest BCUT2D eigenvalue weighted by molar-refractivity contribution is -0.141. The molecule has 0 spiro atoms. The van der Waals surface area contributed by atoms with Crippen molar-refractivity contribution in [2.75, 3.05) is 6.54 Å². The lowest BCUT2D eigenvalue weighted by atomic mass is 10.1. The van der Waals surface area contributed by atoms with Gasteiger partial charge >= 0.3 is 5.97 Å². The van der Waals surface area contributed by atoms with E-state index in [0.717, 1.165) is 0 Å². The molecule has 0 aromatic carbocycles. The number of carbonyl (C=O) groups is 5. The smallest absolute Gasteiger partial charge is 0.325 e. The third-order valence-electron chi connectivity index (χ3n) is 2.62. The lowest BCUT2D eigenvalue weighted by Crippen LogP contribution is -2.54. The minimum Gasteiger partial charge on any atom is -0.480 e. The summed E-state index contributed by atoms with van der Waals surface area (Å²) in [6.07, 6.45) is -0.523. The van der Waals surface area contributed by atoms with E-state index in [2.05, 4.69) is 16.0 Å². The molecule has 3 unspecified atom stereocenters. The van der Waals surface area contributed by atoms with Crippen LogP contribution in [-0.2, 0) is 24.0 Å². The van der Waals surface area contributed by atoms with Gasteiger partial charge in [0.15, 0.2) is 0 Å². The van der Waals surface area contributed by atoms with Gasteiger partial charge in [0.25, 0.3) is 0 Å². The number of primary amides is 1. The lowest BCUT2D eigenvalue weighted by Gasteiger charge is -2.19. The molecule has 0 fully saturated rings. The zero-order valence-corrected chi connectivity index (χ0v) is 12.8. The average molecular weight is 331 g/mol. The molecular formula is C12H21N5O6. The summed E-state index contributed by atoms with van der Waals surface area (Å²) in [4.78, 5) is 56.4. The van der Waals surface area contributed by atoms with Crippen LogP contribution in [0.25, 0.3) is 0 Å². The zero-order valence-electron chi connectivity index (χ0n) is 12.8. The number of hydrogen-bond acceptors (Lipinski definition) is 6. The summed E-state index contributed by atoms with van der Waals surface area (Å²) in [5.41, 5.74) is 10.3. The van der Waals surface area contributed by atoms with E-state index in [4.69, 9.17) is 16.6 Å². The van der Waals surface area contributed by atoms with E-state index in [1.54, 1.807) is 0 Å². The molecule has 0 heterocycles. The van der Waals surface area contributed by atoms with E-state index >= 15 is 0 Å². The standard InChI is InChI=1S/C12H21N5O6/c1-5(13)10(20)15-4-9(19)17-7(3-8(14)18)11(21)16-6(2)12(22)23/h5-7H,3-4,13H2,1-2H3,(H2,14,18)(H,15,20)(H,16,21)(H,17,19)(H,22,23). The number of carboxylic acids is 1. The Morgan fingerprint density at radius 3 is 2.04 bits per heavy atom. The molecule has 0 radical (unpaired) electrons. The minimum absolute atomic E-state index is 0.461. The second kappa shape index (κ2) is 9.35. The molecule has 8 N–H and O–H groups in total. The molecule has 0 aliphatic heterocycles. The van der Waals surface area contributed by atoms with Crippen molar-refractivity contribution in [2.24, 2.45) is 11.5 Å². The first kappa shape index (κ1) is 20.3. The highest BCUT2D eigenvalue weighted by Crippen LogP contribution is 1.94. The Balaban J connectivity index is 4.69. The Hall–Kier alpha value is -2.69. The van der Waals surface area contributed by atoms with Crippen molar-refractivity contribution in [1.29, 1.82) is 0 Å². The van der Waals surface area contributed by atoms with Crippen molar-refractivity contribution in [3.05, 3.63) is 0 Å². The van der Waals surface area contributed by atoms with Crippen molar-refractivity contribution >= 4 is 29.6 Å². The van der Waals surface area contributed by atoms with Gasteiger partial charge < -0.3 is 32.5 Å². The first-order valence-electron chi connectivity index (χ1n) is 6.68. The molecule has 23 heavy (non-hydrogen) atoms. The van der Waals surface area contributed by atoms with Crippen molar-refractivity contribution in [3.63, 3.8) is 0 Å². The molecule has 3 atom stereocenters. The van der Waals surface area contributed by atoms with E-state index in [9.17, 15) is 24.0 Å². The van der Waals surface area contributed by atoms with Gasteiger partial charge in [-0.1, -0.05) is 0 Å². The molecule has 0 aliphatic rings. The van der Waals surface area contributed by atoms with Gasteiger partial charge in [0.1, 0.15) is 12.1 Å². The maximum absolute atomic E-state index is 11.9. The van der Waals surface area contributed by atoms with E-state index in [1.165, 1.54) is 13.8 Å². The van der Waals surface area contributed by atoms with Gasteiger partial charge in [0.2, 0.25) is 23.6 Å². The van der Waals surface area contributed by atoms with Gasteiger partial charge in [-0.15, -0.1) is 0 Å². The zero-order chi connectivity index (χ0) is 18.2. The largest absolute Gasteiger partial charge is 0.480 e. The summed E-state index contributed by atoms with van der Waals surface area (Å²) >= 11 is 0. The number of aliphatic carboxylic acids is 1. The van der Waals surface area contributed by atoms with Gasteiger partial charge in [0, 0.05) is 0 Å². The summed E-state index contributed by atoms with van der Waals surface area (Å²) < 4.78 is 0. The molecule has 4 amide bonds. The summed E-state index contributed by atoms with van der Waals surface area (Å²) in [7, 11) is 0. The first-order valence-corrected chi connectivity index (χ1v) is 6.68. The number of nitrogens with one attached hydrogen (secondary N) is 3. The highest BCUT2D eigenvalue weighted by Gasteiger charge is 2.25. The van der Waals surface area contributed by atoms with E-state index < -0.39 is 60.7 Å². The fraction of sp³-hybridized carbons (Fsp3) is 0.583. The number of carbonyl (C=O) groups excluding carboxylic acids is 4. The van der Waals surface area contributed by atoms with Gasteiger partial charge in [-0.3, -0.25) is 24.0 Å². The van der Waals surface area contributed by atoms with Crippen LogP contribution in [0.4, 0.5) is 0 Å². The topological polar surface area (TPSA) is 194 Å². The van der Waals surface area contributed by atoms with Gasteiger partial charge in [-0.05, 0) is 13.8 Å². The highest BCUT2D eigenvalue weighted by atomic mass is 16.4. The second-order valence-electron chi connectivity index (χ2n) is 4.87. The maximum Gasteiger partial charge on any atom is 0.325 e.